The Morgan fingerprint density at radius 1 is 0.574 bits per heavy atom. The monoisotopic (exact) mass is 1010 g/mol. The van der Waals surface area contributed by atoms with Crippen LogP contribution in [0, 0.1) is 20.2 Å². The van der Waals surface area contributed by atoms with Crippen LogP contribution in [0.1, 0.15) is 26.7 Å². The standard InChI is InChI=1S/2C17H16N4O8S.Ba/c2*1-10(22)7-17(23)18-14-9-12(29-2)4-5-13(14)19-20-15-8-11(21(24)25)3-6-16(15)30(26,27)28;/h2*3-6,8-9H,7H2,1-2H3,(H,18,23)(H,26,27,28);/q;;+2/p-2. The SMILES string of the molecule is COc1ccc(N=Nc2cc([N+](=O)[O-])ccc2S(=O)(=O)[O-])c(NC(=O)CC(C)=O)c1.COc1ccc(N=Nc2cc([N+](=O)[O-])ccc2S(=O)(=O)[O-])c(NC(=O)CC(C)=O)c1.[Ba+2]. The second kappa shape index (κ2) is 22.7. The normalized spacial score (nSPS) is 11.1. The molecule has 0 aliphatic carbocycles. The van der Waals surface area contributed by atoms with E-state index in [-0.39, 0.29) is 83.2 Å². The van der Waals surface area contributed by atoms with Gasteiger partial charge in [-0.3, -0.25) is 39.4 Å². The second-order valence-electron chi connectivity index (χ2n) is 11.7. The van der Waals surface area contributed by atoms with E-state index in [1.54, 1.807) is 0 Å². The molecule has 0 bridgehead atoms. The molecule has 2 amide bonds. The molecule has 0 unspecified atom stereocenters. The van der Waals surface area contributed by atoms with E-state index < -0.39 is 87.3 Å². The zero-order valence-corrected chi connectivity index (χ0v) is 38.2. The molecule has 0 saturated carbocycles. The molecule has 61 heavy (non-hydrogen) atoms. The van der Waals surface area contributed by atoms with E-state index in [2.05, 4.69) is 31.1 Å². The third-order valence-electron chi connectivity index (χ3n) is 7.15. The van der Waals surface area contributed by atoms with Gasteiger partial charge in [-0.1, -0.05) is 0 Å². The number of methoxy groups -OCH3 is 2. The maximum atomic E-state index is 11.9. The third kappa shape index (κ3) is 15.9. The number of Topliss-reactive ketones (excluding diaryl/α,β-unsaturated/α-hetero) is 2. The summed E-state index contributed by atoms with van der Waals surface area (Å²) in [6.07, 6.45) is -0.783. The quantitative estimate of drug-likeness (QED) is 0.0359. The van der Waals surface area contributed by atoms with Crippen LogP contribution in [-0.4, -0.2) is 122 Å². The van der Waals surface area contributed by atoms with Crippen LogP contribution in [0.15, 0.2) is 103 Å². The van der Waals surface area contributed by atoms with E-state index in [9.17, 15) is 65.3 Å². The van der Waals surface area contributed by atoms with Gasteiger partial charge in [0.05, 0.1) is 58.1 Å². The number of nitrogens with one attached hydrogen (secondary N) is 2. The maximum absolute atomic E-state index is 11.9. The summed E-state index contributed by atoms with van der Waals surface area (Å²) in [5.74, 6) is -1.34. The Labute approximate surface area is 385 Å². The zero-order valence-electron chi connectivity index (χ0n) is 32.1. The van der Waals surface area contributed by atoms with Crippen molar-refractivity contribution in [3.05, 3.63) is 93.0 Å². The van der Waals surface area contributed by atoms with Gasteiger partial charge in [0.15, 0.2) is 0 Å². The first-order valence-electron chi connectivity index (χ1n) is 16.3. The van der Waals surface area contributed by atoms with E-state index in [1.807, 2.05) is 0 Å². The molecule has 0 saturated heterocycles. The number of carbonyl (C=O) groups excluding carboxylic acids is 4. The number of rotatable bonds is 16. The number of hydrogen-bond donors (Lipinski definition) is 2. The van der Waals surface area contributed by atoms with Gasteiger partial charge in [0.2, 0.25) is 11.8 Å². The maximum Gasteiger partial charge on any atom is 2.00 e. The summed E-state index contributed by atoms with van der Waals surface area (Å²) in [6.45, 7) is 2.47. The topological polar surface area (TPSA) is 361 Å². The summed E-state index contributed by atoms with van der Waals surface area (Å²) in [7, 11) is -7.21. The van der Waals surface area contributed by atoms with E-state index in [4.69, 9.17) is 9.47 Å². The molecule has 0 aliphatic rings. The predicted molar refractivity (Wildman–Crippen MR) is 210 cm³/mol. The fourth-order valence-electron chi connectivity index (χ4n) is 4.53. The predicted octanol–water partition coefficient (Wildman–Crippen LogP) is 5.30. The summed E-state index contributed by atoms with van der Waals surface area (Å²) in [6, 6.07) is 13.2. The summed E-state index contributed by atoms with van der Waals surface area (Å²) >= 11 is 0. The fourth-order valence-corrected chi connectivity index (χ4v) is 5.71. The number of ketones is 2. The number of ether oxygens (including phenoxy) is 2. The first-order valence-corrected chi connectivity index (χ1v) is 19.1. The molecule has 24 nitrogen and oxygen atoms in total. The van der Waals surface area contributed by atoms with Crippen molar-refractivity contribution in [3.63, 3.8) is 0 Å². The van der Waals surface area contributed by atoms with Crippen LogP contribution in [0.3, 0.4) is 0 Å². The molecule has 0 radical (unpaired) electrons. The Morgan fingerprint density at radius 2 is 0.902 bits per heavy atom. The zero-order chi connectivity index (χ0) is 44.9. The fraction of sp³-hybridized carbons (Fsp3) is 0.176. The first-order chi connectivity index (χ1) is 28.0. The van der Waals surface area contributed by atoms with E-state index in [0.717, 1.165) is 36.4 Å². The van der Waals surface area contributed by atoms with Gasteiger partial charge < -0.3 is 29.2 Å². The van der Waals surface area contributed by atoms with Crippen molar-refractivity contribution < 1.29 is 64.4 Å². The van der Waals surface area contributed by atoms with E-state index in [1.165, 1.54) is 64.5 Å². The van der Waals surface area contributed by atoms with Crippen molar-refractivity contribution in [1.29, 1.82) is 0 Å². The Kier molecular flexibility index (Phi) is 19.1. The van der Waals surface area contributed by atoms with Gasteiger partial charge in [-0.15, -0.1) is 20.5 Å². The summed E-state index contributed by atoms with van der Waals surface area (Å²) in [5, 5.41) is 41.7. The van der Waals surface area contributed by atoms with Crippen molar-refractivity contribution in [3.8, 4) is 11.5 Å². The Hall–Kier alpha value is -5.85. The molecule has 4 rings (SSSR count). The minimum absolute atomic E-state index is 0. The molecular weight excluding hydrogens is 978 g/mol. The molecule has 0 spiro atoms. The summed E-state index contributed by atoms with van der Waals surface area (Å²) < 4.78 is 78.6. The average molecular weight is 1010 g/mol. The van der Waals surface area contributed by atoms with Crippen molar-refractivity contribution >= 4 is 138 Å². The average Bonchev–Trinajstić information content (AvgIpc) is 3.15. The Morgan fingerprint density at radius 3 is 1.18 bits per heavy atom. The second-order valence-corrected chi connectivity index (χ2v) is 14.4. The van der Waals surface area contributed by atoms with Gasteiger partial charge in [-0.05, 0) is 50.2 Å². The molecule has 0 aromatic heterocycles. The number of nitro benzene ring substituents is 2. The van der Waals surface area contributed by atoms with Gasteiger partial charge in [-0.25, -0.2) is 16.8 Å². The van der Waals surface area contributed by atoms with Crippen molar-refractivity contribution in [2.24, 2.45) is 20.5 Å². The van der Waals surface area contributed by atoms with Gasteiger partial charge >= 0.3 is 48.9 Å². The van der Waals surface area contributed by atoms with E-state index >= 15 is 0 Å². The molecular formula is C34H30BaN8O16S2. The minimum atomic E-state index is -4.99. The van der Waals surface area contributed by atoms with E-state index in [0.29, 0.717) is 11.5 Å². The minimum Gasteiger partial charge on any atom is -0.744 e. The first kappa shape index (κ1) is 51.3. The van der Waals surface area contributed by atoms with Crippen LogP contribution in [0.25, 0.3) is 0 Å². The molecule has 4 aromatic carbocycles. The summed E-state index contributed by atoms with van der Waals surface area (Å²) in [4.78, 5) is 64.8. The number of hydrogen-bond acceptors (Lipinski definition) is 20. The molecule has 0 fully saturated rings. The van der Waals surface area contributed by atoms with Crippen LogP contribution in [0.4, 0.5) is 45.5 Å². The smallest absolute Gasteiger partial charge is 0.744 e. The number of anilines is 2. The number of non-ortho nitro benzene ring substituents is 2. The number of nitrogens with zero attached hydrogens (tertiary/aromatic N) is 6. The molecule has 4 aromatic rings. The van der Waals surface area contributed by atoms with Crippen molar-refractivity contribution in [2.75, 3.05) is 24.9 Å². The van der Waals surface area contributed by atoms with Crippen molar-refractivity contribution in [1.82, 2.24) is 0 Å². The van der Waals surface area contributed by atoms with Crippen LogP contribution < -0.4 is 20.1 Å². The van der Waals surface area contributed by atoms with Crippen LogP contribution in [-0.2, 0) is 39.4 Å². The van der Waals surface area contributed by atoms with Gasteiger partial charge in [0.1, 0.15) is 66.1 Å². The van der Waals surface area contributed by atoms with Crippen LogP contribution in [0.2, 0.25) is 0 Å². The van der Waals surface area contributed by atoms with Crippen LogP contribution >= 0.6 is 0 Å². The van der Waals surface area contributed by atoms with Crippen molar-refractivity contribution in [2.45, 2.75) is 36.5 Å². The molecule has 27 heteroatoms. The van der Waals surface area contributed by atoms with Crippen LogP contribution in [0.5, 0.6) is 11.5 Å². The number of benzene rings is 4. The molecule has 0 atom stereocenters. The van der Waals surface area contributed by atoms with Gasteiger partial charge in [0.25, 0.3) is 11.4 Å². The van der Waals surface area contributed by atoms with Gasteiger partial charge in [-0.2, -0.15) is 0 Å². The number of amides is 2. The Bertz CT molecular complexity index is 2480. The molecule has 0 aliphatic heterocycles. The number of carbonyl (C=O) groups is 4. The molecule has 316 valence electrons. The Balaban J connectivity index is 0.000000413. The summed E-state index contributed by atoms with van der Waals surface area (Å²) in [5.41, 5.74) is -1.88. The number of azo groups is 2. The largest absolute Gasteiger partial charge is 2.00 e. The molecule has 2 N–H and O–H groups in total. The molecule has 0 heterocycles. The third-order valence-corrected chi connectivity index (χ3v) is 8.92. The number of nitro groups is 2. The van der Waals surface area contributed by atoms with Gasteiger partial charge in [0, 0.05) is 36.4 Å².